The van der Waals surface area contributed by atoms with E-state index in [0.29, 0.717) is 22.6 Å². The van der Waals surface area contributed by atoms with E-state index in [1.165, 1.54) is 4.90 Å². The molecule has 5 heteroatoms. The fourth-order valence-electron chi connectivity index (χ4n) is 1.40. The molecule has 0 radical (unpaired) electrons. The van der Waals surface area contributed by atoms with E-state index in [0.717, 1.165) is 11.1 Å². The molecule has 0 atom stereocenters. The molecule has 1 aliphatic carbocycles. The van der Waals surface area contributed by atoms with Gasteiger partial charge in [0.1, 0.15) is 10.2 Å². The van der Waals surface area contributed by atoms with E-state index < -0.39 is 6.09 Å². The average molecular weight is 316 g/mol. The smallest absolute Gasteiger partial charge is 0.414 e. The minimum Gasteiger partial charge on any atom is -0.493 e. The summed E-state index contributed by atoms with van der Waals surface area (Å²) in [5.74, 6) is 1.20. The fourth-order valence-corrected chi connectivity index (χ4v) is 1.92. The number of hydrogen-bond donors (Lipinski definition) is 0. The zero-order chi connectivity index (χ0) is 13.9. The normalized spacial score (nSPS) is 14.6. The van der Waals surface area contributed by atoms with Crippen molar-refractivity contribution in [2.75, 3.05) is 20.7 Å². The molecule has 100 valence electrons. The highest BCUT2D eigenvalue weighted by atomic mass is 79.9. The lowest BCUT2D eigenvalue weighted by molar-refractivity contribution is 0.148. The number of allylic oxidation sites excluding steroid dienone is 3. The summed E-state index contributed by atoms with van der Waals surface area (Å²) in [5.41, 5.74) is 1.93. The molecule has 0 saturated heterocycles. The molecule has 1 amide bonds. The van der Waals surface area contributed by atoms with E-state index in [9.17, 15) is 4.79 Å². The lowest BCUT2D eigenvalue weighted by atomic mass is 10.1. The molecule has 0 aromatic heterocycles. The maximum Gasteiger partial charge on any atom is 0.414 e. The third-order valence-electron chi connectivity index (χ3n) is 2.33. The van der Waals surface area contributed by atoms with Gasteiger partial charge in [0.25, 0.3) is 0 Å². The molecule has 0 N–H and O–H groups in total. The quantitative estimate of drug-likeness (QED) is 0.799. The van der Waals surface area contributed by atoms with E-state index in [4.69, 9.17) is 9.47 Å². The van der Waals surface area contributed by atoms with Crippen LogP contribution in [-0.4, -0.2) is 31.7 Å². The van der Waals surface area contributed by atoms with Crippen molar-refractivity contribution in [2.45, 2.75) is 20.8 Å². The van der Waals surface area contributed by atoms with Crippen molar-refractivity contribution < 1.29 is 14.3 Å². The molecular weight excluding hydrogens is 298 g/mol. The van der Waals surface area contributed by atoms with Gasteiger partial charge in [0.05, 0.1) is 6.61 Å². The first-order valence-corrected chi connectivity index (χ1v) is 6.49. The molecule has 0 aliphatic heterocycles. The van der Waals surface area contributed by atoms with Crippen molar-refractivity contribution in [3.05, 3.63) is 33.2 Å². The van der Waals surface area contributed by atoms with E-state index in [1.807, 2.05) is 26.8 Å². The second-order valence-corrected chi connectivity index (χ2v) is 5.05. The average Bonchev–Trinajstić information content (AvgIpc) is 2.58. The number of carbonyl (C=O) groups excluding carboxylic acids is 1. The molecule has 18 heavy (non-hydrogen) atoms. The Morgan fingerprint density at radius 1 is 1.39 bits per heavy atom. The van der Waals surface area contributed by atoms with Crippen molar-refractivity contribution >= 4 is 22.0 Å². The second-order valence-electron chi connectivity index (χ2n) is 4.26. The number of hydrogen-bond acceptors (Lipinski definition) is 3. The largest absolute Gasteiger partial charge is 0.493 e. The number of carbonyl (C=O) groups is 1. The van der Waals surface area contributed by atoms with Crippen LogP contribution in [0.3, 0.4) is 0 Å². The van der Waals surface area contributed by atoms with E-state index in [2.05, 4.69) is 15.9 Å². The number of amides is 1. The van der Waals surface area contributed by atoms with Gasteiger partial charge >= 0.3 is 6.09 Å². The SMILES string of the molecule is CCOC1=CC(=C(C)C)C(OC(=O)N(C)C)=C1Br. The van der Waals surface area contributed by atoms with Gasteiger partial charge < -0.3 is 14.4 Å². The minimum absolute atomic E-state index is 0.410. The van der Waals surface area contributed by atoms with Crippen LogP contribution < -0.4 is 0 Å². The Hall–Kier alpha value is -1.23. The Balaban J connectivity index is 3.07. The summed E-state index contributed by atoms with van der Waals surface area (Å²) in [6, 6.07) is 0. The molecule has 0 aromatic carbocycles. The lowest BCUT2D eigenvalue weighted by Crippen LogP contribution is -2.22. The molecule has 0 unspecified atom stereocenters. The van der Waals surface area contributed by atoms with Crippen LogP contribution in [0.4, 0.5) is 4.79 Å². The fraction of sp³-hybridized carbons (Fsp3) is 0.462. The van der Waals surface area contributed by atoms with Gasteiger partial charge in [-0.25, -0.2) is 4.79 Å². The number of ether oxygens (including phenoxy) is 2. The minimum atomic E-state index is -0.410. The van der Waals surface area contributed by atoms with Gasteiger partial charge in [-0.05, 0) is 42.8 Å². The summed E-state index contributed by atoms with van der Waals surface area (Å²) in [6.45, 7) is 6.40. The van der Waals surface area contributed by atoms with Crippen molar-refractivity contribution in [1.82, 2.24) is 4.90 Å². The molecule has 4 nitrogen and oxygen atoms in total. The highest BCUT2D eigenvalue weighted by Crippen LogP contribution is 2.37. The Kier molecular flexibility index (Phi) is 5.02. The molecule has 0 bridgehead atoms. The van der Waals surface area contributed by atoms with Gasteiger partial charge in [-0.15, -0.1) is 0 Å². The number of halogens is 1. The first kappa shape index (κ1) is 14.8. The maximum atomic E-state index is 11.6. The van der Waals surface area contributed by atoms with E-state index >= 15 is 0 Å². The number of nitrogens with zero attached hydrogens (tertiary/aromatic N) is 1. The summed E-state index contributed by atoms with van der Waals surface area (Å²) >= 11 is 3.41. The van der Waals surface area contributed by atoms with Crippen LogP contribution >= 0.6 is 15.9 Å². The summed E-state index contributed by atoms with van der Waals surface area (Å²) in [7, 11) is 3.29. The van der Waals surface area contributed by atoms with Crippen LogP contribution in [0.1, 0.15) is 20.8 Å². The Labute approximate surface area is 116 Å². The molecule has 0 heterocycles. The van der Waals surface area contributed by atoms with Gasteiger partial charge in [-0.2, -0.15) is 0 Å². The monoisotopic (exact) mass is 315 g/mol. The molecule has 0 saturated carbocycles. The van der Waals surface area contributed by atoms with Crippen LogP contribution in [0.25, 0.3) is 0 Å². The third-order valence-corrected chi connectivity index (χ3v) is 3.08. The Bertz CT molecular complexity index is 443. The van der Waals surface area contributed by atoms with Gasteiger partial charge in [0, 0.05) is 19.7 Å². The first-order valence-electron chi connectivity index (χ1n) is 5.70. The topological polar surface area (TPSA) is 38.8 Å². The van der Waals surface area contributed by atoms with Crippen molar-refractivity contribution in [3.8, 4) is 0 Å². The van der Waals surface area contributed by atoms with Crippen LogP contribution in [0, 0.1) is 0 Å². The molecule has 1 rings (SSSR count). The van der Waals surface area contributed by atoms with Gasteiger partial charge in [-0.3, -0.25) is 0 Å². The van der Waals surface area contributed by atoms with E-state index in [-0.39, 0.29) is 0 Å². The van der Waals surface area contributed by atoms with E-state index in [1.54, 1.807) is 14.1 Å². The number of rotatable bonds is 3. The predicted molar refractivity (Wildman–Crippen MR) is 74.2 cm³/mol. The van der Waals surface area contributed by atoms with Crippen molar-refractivity contribution in [1.29, 1.82) is 0 Å². The summed E-state index contributed by atoms with van der Waals surface area (Å²) in [4.78, 5) is 13.0. The molecule has 1 aliphatic rings. The van der Waals surface area contributed by atoms with Crippen molar-refractivity contribution in [2.24, 2.45) is 0 Å². The molecule has 0 aromatic rings. The standard InChI is InChI=1S/C13H18BrNO3/c1-6-17-10-7-9(8(2)3)12(11(10)14)18-13(16)15(4)5/h7H,6H2,1-5H3. The van der Waals surface area contributed by atoms with Crippen LogP contribution in [0.15, 0.2) is 33.2 Å². The predicted octanol–water partition coefficient (Wildman–Crippen LogP) is 3.56. The highest BCUT2D eigenvalue weighted by Gasteiger charge is 2.26. The zero-order valence-electron chi connectivity index (χ0n) is 11.3. The molecule has 0 spiro atoms. The van der Waals surface area contributed by atoms with Gasteiger partial charge in [0.2, 0.25) is 0 Å². The summed E-state index contributed by atoms with van der Waals surface area (Å²) < 4.78 is 11.5. The summed E-state index contributed by atoms with van der Waals surface area (Å²) in [5, 5.41) is 0. The van der Waals surface area contributed by atoms with Crippen LogP contribution in [0.2, 0.25) is 0 Å². The van der Waals surface area contributed by atoms with Crippen LogP contribution in [0.5, 0.6) is 0 Å². The summed E-state index contributed by atoms with van der Waals surface area (Å²) in [6.07, 6.45) is 1.47. The van der Waals surface area contributed by atoms with Crippen LogP contribution in [-0.2, 0) is 9.47 Å². The first-order chi connectivity index (χ1) is 8.38. The Morgan fingerprint density at radius 3 is 2.44 bits per heavy atom. The van der Waals surface area contributed by atoms with Gasteiger partial charge in [0.15, 0.2) is 5.76 Å². The zero-order valence-corrected chi connectivity index (χ0v) is 12.9. The maximum absolute atomic E-state index is 11.6. The van der Waals surface area contributed by atoms with Gasteiger partial charge in [-0.1, -0.05) is 5.57 Å². The molecule has 0 fully saturated rings. The third kappa shape index (κ3) is 3.16. The lowest BCUT2D eigenvalue weighted by Gasteiger charge is -2.13. The highest BCUT2D eigenvalue weighted by molar-refractivity contribution is 9.12. The molecular formula is C13H18BrNO3. The van der Waals surface area contributed by atoms with Crippen molar-refractivity contribution in [3.63, 3.8) is 0 Å². The second kappa shape index (κ2) is 6.09. The Morgan fingerprint density at radius 2 is 2.00 bits per heavy atom.